The smallest absolute Gasteiger partial charge is 0.305 e. The Labute approximate surface area is 53.6 Å². The average Bonchev–Trinajstić information content (AvgIpc) is 1.97. The molecular formula is C6H10O3. The number of carbonyl (C=O) groups is 1. The van der Waals surface area contributed by atoms with Crippen molar-refractivity contribution in [2.45, 2.75) is 25.4 Å². The van der Waals surface area contributed by atoms with Crippen molar-refractivity contribution in [3.05, 3.63) is 0 Å². The van der Waals surface area contributed by atoms with Crippen LogP contribution in [0.25, 0.3) is 0 Å². The third-order valence-corrected chi connectivity index (χ3v) is 1.35. The van der Waals surface area contributed by atoms with Gasteiger partial charge in [0.2, 0.25) is 0 Å². The van der Waals surface area contributed by atoms with Gasteiger partial charge in [0.15, 0.2) is 0 Å². The number of aliphatic hydroxyl groups excluding tert-OH is 1. The van der Waals surface area contributed by atoms with Gasteiger partial charge >= 0.3 is 5.97 Å². The topological polar surface area (TPSA) is 46.5 Å². The molecule has 1 rings (SSSR count). The maximum atomic E-state index is 10.5. The second-order valence-electron chi connectivity index (χ2n) is 2.23. The van der Waals surface area contributed by atoms with E-state index in [1.54, 1.807) is 0 Å². The zero-order valence-corrected chi connectivity index (χ0v) is 5.17. The molecule has 1 fully saturated rings. The maximum absolute atomic E-state index is 10.5. The summed E-state index contributed by atoms with van der Waals surface area (Å²) in [5.41, 5.74) is 0. The second-order valence-corrected chi connectivity index (χ2v) is 2.23. The number of carbonyl (C=O) groups excluding carboxylic acids is 1. The summed E-state index contributed by atoms with van der Waals surface area (Å²) in [6.07, 6.45) is 1.46. The summed E-state index contributed by atoms with van der Waals surface area (Å²) in [6.45, 7) is 0.179. The number of aliphatic hydroxyl groups is 1. The molecule has 3 nitrogen and oxygen atoms in total. The Hall–Kier alpha value is -0.570. The van der Waals surface area contributed by atoms with Crippen molar-refractivity contribution in [2.75, 3.05) is 6.61 Å². The Morgan fingerprint density at radius 2 is 2.44 bits per heavy atom. The molecule has 1 unspecified atom stereocenters. The van der Waals surface area contributed by atoms with E-state index in [9.17, 15) is 4.79 Å². The van der Waals surface area contributed by atoms with Crippen LogP contribution in [-0.2, 0) is 9.53 Å². The van der Waals surface area contributed by atoms with Gasteiger partial charge in [0, 0.05) is 6.42 Å². The lowest BCUT2D eigenvalue weighted by molar-refractivity contribution is -0.144. The van der Waals surface area contributed by atoms with Crippen molar-refractivity contribution in [2.24, 2.45) is 0 Å². The third kappa shape index (κ3) is 2.01. The van der Waals surface area contributed by atoms with Gasteiger partial charge in [-0.05, 0) is 12.8 Å². The normalized spacial score (nSPS) is 29.0. The fourth-order valence-electron chi connectivity index (χ4n) is 0.827. The zero-order valence-electron chi connectivity index (χ0n) is 5.17. The van der Waals surface area contributed by atoms with E-state index < -0.39 is 6.10 Å². The molecule has 0 spiro atoms. The molecule has 0 aliphatic carbocycles. The monoisotopic (exact) mass is 130 g/mol. The summed E-state index contributed by atoms with van der Waals surface area (Å²) in [4.78, 5) is 10.5. The first-order chi connectivity index (χ1) is 4.29. The average molecular weight is 130 g/mol. The van der Waals surface area contributed by atoms with E-state index in [4.69, 9.17) is 5.11 Å². The first-order valence-electron chi connectivity index (χ1n) is 3.13. The molecule has 0 saturated carbocycles. The predicted molar refractivity (Wildman–Crippen MR) is 30.8 cm³/mol. The van der Waals surface area contributed by atoms with Crippen LogP contribution >= 0.6 is 0 Å². The molecule has 1 atom stereocenters. The number of hydrogen-bond donors (Lipinski definition) is 1. The largest absolute Gasteiger partial charge is 0.463 e. The highest BCUT2D eigenvalue weighted by Gasteiger charge is 2.13. The van der Waals surface area contributed by atoms with Crippen LogP contribution in [0.3, 0.4) is 0 Å². The molecule has 0 amide bonds. The van der Waals surface area contributed by atoms with Crippen molar-refractivity contribution in [1.29, 1.82) is 0 Å². The van der Waals surface area contributed by atoms with E-state index in [0.717, 1.165) is 6.42 Å². The molecule has 3 heteroatoms. The van der Waals surface area contributed by atoms with Gasteiger partial charge in [0.25, 0.3) is 0 Å². The summed E-state index contributed by atoms with van der Waals surface area (Å²) < 4.78 is 4.63. The van der Waals surface area contributed by atoms with Crippen molar-refractivity contribution >= 4 is 5.97 Å². The SMILES string of the molecule is O=C1CCCC(O)CO1. The van der Waals surface area contributed by atoms with Crippen LogP contribution in [-0.4, -0.2) is 23.8 Å². The highest BCUT2D eigenvalue weighted by atomic mass is 16.5. The fourth-order valence-corrected chi connectivity index (χ4v) is 0.827. The van der Waals surface area contributed by atoms with Gasteiger partial charge in [-0.3, -0.25) is 4.79 Å². The lowest BCUT2D eigenvalue weighted by Crippen LogP contribution is -2.13. The van der Waals surface area contributed by atoms with Gasteiger partial charge < -0.3 is 9.84 Å². The maximum Gasteiger partial charge on any atom is 0.305 e. The summed E-state index contributed by atoms with van der Waals surface area (Å²) >= 11 is 0. The van der Waals surface area contributed by atoms with E-state index in [0.29, 0.717) is 12.8 Å². The summed E-state index contributed by atoms with van der Waals surface area (Å²) in [7, 11) is 0. The Bertz CT molecular complexity index is 111. The summed E-state index contributed by atoms with van der Waals surface area (Å²) in [5.74, 6) is -0.188. The molecule has 1 aliphatic heterocycles. The minimum Gasteiger partial charge on any atom is -0.463 e. The van der Waals surface area contributed by atoms with Gasteiger partial charge in [0.1, 0.15) is 6.61 Å². The molecule has 0 bridgehead atoms. The molecule has 1 aliphatic rings. The molecule has 1 N–H and O–H groups in total. The lowest BCUT2D eigenvalue weighted by Gasteiger charge is -2.02. The third-order valence-electron chi connectivity index (χ3n) is 1.35. The fraction of sp³-hybridized carbons (Fsp3) is 0.833. The molecular weight excluding hydrogens is 120 g/mol. The summed E-state index contributed by atoms with van der Waals surface area (Å²) in [5, 5.41) is 8.93. The molecule has 0 aromatic rings. The van der Waals surface area contributed by atoms with Gasteiger partial charge in [-0.1, -0.05) is 0 Å². The van der Waals surface area contributed by atoms with Crippen molar-refractivity contribution in [3.63, 3.8) is 0 Å². The minimum atomic E-state index is -0.434. The van der Waals surface area contributed by atoms with Gasteiger partial charge in [-0.2, -0.15) is 0 Å². The van der Waals surface area contributed by atoms with E-state index >= 15 is 0 Å². The summed E-state index contributed by atoms with van der Waals surface area (Å²) in [6, 6.07) is 0. The van der Waals surface area contributed by atoms with E-state index in [2.05, 4.69) is 4.74 Å². The Kier molecular flexibility index (Phi) is 2.05. The number of cyclic esters (lactones) is 1. The first-order valence-corrected chi connectivity index (χ1v) is 3.13. The van der Waals surface area contributed by atoms with Crippen LogP contribution in [0.5, 0.6) is 0 Å². The Balaban J connectivity index is 2.34. The first kappa shape index (κ1) is 6.55. The van der Waals surface area contributed by atoms with Gasteiger partial charge in [0.05, 0.1) is 6.10 Å². The molecule has 1 saturated heterocycles. The quantitative estimate of drug-likeness (QED) is 0.472. The predicted octanol–water partition coefficient (Wildman–Crippen LogP) is 0.0744. The van der Waals surface area contributed by atoms with Gasteiger partial charge in [-0.25, -0.2) is 0 Å². The van der Waals surface area contributed by atoms with E-state index in [1.807, 2.05) is 0 Å². The van der Waals surface area contributed by atoms with E-state index in [1.165, 1.54) is 0 Å². The number of ether oxygens (including phenoxy) is 1. The molecule has 52 valence electrons. The van der Waals surface area contributed by atoms with Crippen molar-refractivity contribution in [1.82, 2.24) is 0 Å². The second kappa shape index (κ2) is 2.82. The minimum absolute atomic E-state index is 0.179. The van der Waals surface area contributed by atoms with Crippen molar-refractivity contribution < 1.29 is 14.6 Å². The Morgan fingerprint density at radius 3 is 3.22 bits per heavy atom. The number of hydrogen-bond acceptors (Lipinski definition) is 3. The number of rotatable bonds is 0. The van der Waals surface area contributed by atoms with Crippen molar-refractivity contribution in [3.8, 4) is 0 Å². The van der Waals surface area contributed by atoms with Crippen LogP contribution in [0.1, 0.15) is 19.3 Å². The Morgan fingerprint density at radius 1 is 1.67 bits per heavy atom. The molecule has 9 heavy (non-hydrogen) atoms. The van der Waals surface area contributed by atoms with Crippen LogP contribution < -0.4 is 0 Å². The zero-order chi connectivity index (χ0) is 6.69. The van der Waals surface area contributed by atoms with E-state index in [-0.39, 0.29) is 12.6 Å². The van der Waals surface area contributed by atoms with Crippen LogP contribution in [0, 0.1) is 0 Å². The standard InChI is InChI=1S/C6H10O3/c7-5-2-1-3-6(8)9-4-5/h5,7H,1-4H2. The molecule has 0 aromatic heterocycles. The highest BCUT2D eigenvalue weighted by Crippen LogP contribution is 2.07. The molecule has 1 heterocycles. The molecule has 0 aromatic carbocycles. The molecule has 0 radical (unpaired) electrons. The van der Waals surface area contributed by atoms with Crippen LogP contribution in [0.4, 0.5) is 0 Å². The van der Waals surface area contributed by atoms with Gasteiger partial charge in [-0.15, -0.1) is 0 Å². The lowest BCUT2D eigenvalue weighted by atomic mass is 10.2. The highest BCUT2D eigenvalue weighted by molar-refractivity contribution is 5.69. The van der Waals surface area contributed by atoms with Crippen LogP contribution in [0.2, 0.25) is 0 Å². The number of esters is 1. The van der Waals surface area contributed by atoms with Crippen LogP contribution in [0.15, 0.2) is 0 Å².